The van der Waals surface area contributed by atoms with Crippen molar-refractivity contribution in [3.63, 3.8) is 0 Å². The largest absolute Gasteiger partial charge is 0.359 e. The summed E-state index contributed by atoms with van der Waals surface area (Å²) < 4.78 is 28.1. The lowest BCUT2D eigenvalue weighted by atomic mass is 10.5. The van der Waals surface area contributed by atoms with Crippen molar-refractivity contribution in [1.29, 1.82) is 0 Å². The molecule has 0 radical (unpaired) electrons. The first-order valence-electron chi connectivity index (χ1n) is 6.60. The summed E-state index contributed by atoms with van der Waals surface area (Å²) in [5.41, 5.74) is -0.256. The van der Waals surface area contributed by atoms with Gasteiger partial charge in [-0.05, 0) is 19.1 Å². The van der Waals surface area contributed by atoms with Crippen molar-refractivity contribution in [1.82, 2.24) is 19.3 Å². The Hall–Kier alpha value is -1.82. The van der Waals surface area contributed by atoms with E-state index >= 15 is 0 Å². The Morgan fingerprint density at radius 2 is 2.04 bits per heavy atom. The van der Waals surface area contributed by atoms with Crippen molar-refractivity contribution in [3.8, 4) is 0 Å². The summed E-state index contributed by atoms with van der Waals surface area (Å²) in [7, 11) is -3.48. The van der Waals surface area contributed by atoms with Crippen LogP contribution < -0.4 is 15.6 Å². The van der Waals surface area contributed by atoms with Crippen LogP contribution in [-0.4, -0.2) is 36.1 Å². The first-order valence-corrected chi connectivity index (χ1v) is 9.72. The average Bonchev–Trinajstić information content (AvgIpc) is 3.11. The Kier molecular flexibility index (Phi) is 4.43. The minimum atomic E-state index is -3.48. The van der Waals surface area contributed by atoms with Crippen molar-refractivity contribution in [3.05, 3.63) is 39.6 Å². The lowest BCUT2D eigenvalue weighted by Crippen LogP contribution is -2.28. The van der Waals surface area contributed by atoms with Gasteiger partial charge in [-0.2, -0.15) is 4.52 Å². The highest BCUT2D eigenvalue weighted by molar-refractivity contribution is 7.91. The van der Waals surface area contributed by atoms with E-state index < -0.39 is 10.0 Å². The zero-order valence-electron chi connectivity index (χ0n) is 12.0. The van der Waals surface area contributed by atoms with Crippen LogP contribution in [0.4, 0.5) is 5.13 Å². The molecule has 122 valence electrons. The Bertz CT molecular complexity index is 989. The van der Waals surface area contributed by atoms with Crippen LogP contribution in [0.25, 0.3) is 4.96 Å². The van der Waals surface area contributed by atoms with Crippen molar-refractivity contribution < 1.29 is 8.42 Å². The molecule has 8 nitrogen and oxygen atoms in total. The SMILES string of the molecule is Cc1ccc(S(=O)(=O)NCCNc2nn3c(=O)ccnc3s2)s1. The second-order valence-corrected chi connectivity index (χ2v) is 8.81. The zero-order valence-corrected chi connectivity index (χ0v) is 14.5. The molecule has 11 heteroatoms. The summed E-state index contributed by atoms with van der Waals surface area (Å²) in [6, 6.07) is 4.68. The lowest BCUT2D eigenvalue weighted by Gasteiger charge is -2.05. The molecule has 0 aromatic carbocycles. The highest BCUT2D eigenvalue weighted by Gasteiger charge is 2.15. The average molecular weight is 371 g/mol. The molecule has 0 spiro atoms. The van der Waals surface area contributed by atoms with E-state index in [1.165, 1.54) is 39.5 Å². The zero-order chi connectivity index (χ0) is 16.4. The lowest BCUT2D eigenvalue weighted by molar-refractivity contribution is 0.585. The van der Waals surface area contributed by atoms with E-state index in [-0.39, 0.29) is 12.1 Å². The standard InChI is InChI=1S/C12H13N5O3S3/c1-8-2-3-10(21-8)23(19,20)15-7-6-13-11-16-17-9(18)4-5-14-12(17)22-11/h2-5,15H,6-7H2,1H3,(H,13,16). The molecular weight excluding hydrogens is 358 g/mol. The minimum absolute atomic E-state index is 0.206. The van der Waals surface area contributed by atoms with Crippen LogP contribution in [0.5, 0.6) is 0 Å². The molecule has 0 bridgehead atoms. The highest BCUT2D eigenvalue weighted by atomic mass is 32.2. The number of nitrogens with zero attached hydrogens (tertiary/aromatic N) is 3. The van der Waals surface area contributed by atoms with Crippen molar-refractivity contribution in [2.45, 2.75) is 11.1 Å². The number of hydrogen-bond donors (Lipinski definition) is 2. The topological polar surface area (TPSA) is 105 Å². The maximum absolute atomic E-state index is 12.0. The van der Waals surface area contributed by atoms with E-state index in [1.807, 2.05) is 6.92 Å². The molecule has 0 aliphatic carbocycles. The van der Waals surface area contributed by atoms with Crippen molar-refractivity contribution >= 4 is 42.8 Å². The van der Waals surface area contributed by atoms with E-state index in [9.17, 15) is 13.2 Å². The molecule has 0 saturated heterocycles. The predicted octanol–water partition coefficient (Wildman–Crippen LogP) is 0.911. The fourth-order valence-corrected chi connectivity index (χ4v) is 4.96. The van der Waals surface area contributed by atoms with Crippen LogP contribution in [0.3, 0.4) is 0 Å². The van der Waals surface area contributed by atoms with Gasteiger partial charge in [0, 0.05) is 30.2 Å². The summed E-state index contributed by atoms with van der Waals surface area (Å²) in [5.74, 6) is 0. The Labute approximate surface area is 139 Å². The van der Waals surface area contributed by atoms with Gasteiger partial charge in [0.15, 0.2) is 0 Å². The van der Waals surface area contributed by atoms with Gasteiger partial charge in [-0.15, -0.1) is 16.4 Å². The number of rotatable bonds is 6. The van der Waals surface area contributed by atoms with Crippen molar-refractivity contribution in [2.24, 2.45) is 0 Å². The number of thiophene rings is 1. The molecule has 0 amide bonds. The van der Waals surface area contributed by atoms with Gasteiger partial charge in [0.2, 0.25) is 20.1 Å². The third kappa shape index (κ3) is 3.58. The molecule has 0 aliphatic rings. The molecule has 3 heterocycles. The minimum Gasteiger partial charge on any atom is -0.359 e. The van der Waals surface area contributed by atoms with Crippen molar-refractivity contribution in [2.75, 3.05) is 18.4 Å². The molecule has 0 saturated carbocycles. The molecular formula is C12H13N5O3S3. The van der Waals surface area contributed by atoms with Crippen LogP contribution >= 0.6 is 22.7 Å². The summed E-state index contributed by atoms with van der Waals surface area (Å²) >= 11 is 2.45. The van der Waals surface area contributed by atoms with Crippen LogP contribution in [0.1, 0.15) is 4.88 Å². The van der Waals surface area contributed by atoms with E-state index in [4.69, 9.17) is 0 Å². The summed E-state index contributed by atoms with van der Waals surface area (Å²) in [4.78, 5) is 17.0. The van der Waals surface area contributed by atoms with Gasteiger partial charge in [0.05, 0.1) is 0 Å². The number of anilines is 1. The third-order valence-electron chi connectivity index (χ3n) is 2.84. The number of sulfonamides is 1. The van der Waals surface area contributed by atoms with Gasteiger partial charge in [-0.1, -0.05) is 11.3 Å². The summed E-state index contributed by atoms with van der Waals surface area (Å²) in [6.07, 6.45) is 1.43. The normalized spacial score (nSPS) is 11.9. The predicted molar refractivity (Wildman–Crippen MR) is 89.9 cm³/mol. The monoisotopic (exact) mass is 371 g/mol. The molecule has 0 atom stereocenters. The fraction of sp³-hybridized carbons (Fsp3) is 0.250. The second kappa shape index (κ2) is 6.35. The second-order valence-electron chi connectivity index (χ2n) is 4.57. The van der Waals surface area contributed by atoms with Gasteiger partial charge < -0.3 is 5.32 Å². The maximum Gasteiger partial charge on any atom is 0.275 e. The molecule has 3 rings (SSSR count). The van der Waals surface area contributed by atoms with Crippen LogP contribution in [0.2, 0.25) is 0 Å². The number of aromatic nitrogens is 3. The molecule has 0 aliphatic heterocycles. The number of nitrogens with one attached hydrogen (secondary N) is 2. The first kappa shape index (κ1) is 16.1. The molecule has 0 fully saturated rings. The fourth-order valence-electron chi connectivity index (χ4n) is 1.80. The number of aryl methyl sites for hydroxylation is 1. The summed E-state index contributed by atoms with van der Waals surface area (Å²) in [6.45, 7) is 2.41. The third-order valence-corrected chi connectivity index (χ3v) is 6.68. The van der Waals surface area contributed by atoms with Gasteiger partial charge in [0.1, 0.15) is 4.21 Å². The van der Waals surface area contributed by atoms with E-state index in [0.29, 0.717) is 20.8 Å². The molecule has 2 N–H and O–H groups in total. The van der Waals surface area contributed by atoms with E-state index in [1.54, 1.807) is 12.1 Å². The maximum atomic E-state index is 12.0. The van der Waals surface area contributed by atoms with Gasteiger partial charge >= 0.3 is 0 Å². The Morgan fingerprint density at radius 1 is 1.22 bits per heavy atom. The highest BCUT2D eigenvalue weighted by Crippen LogP contribution is 2.20. The van der Waals surface area contributed by atoms with Crippen LogP contribution in [-0.2, 0) is 10.0 Å². The molecule has 3 aromatic rings. The molecule has 0 unspecified atom stereocenters. The van der Waals surface area contributed by atoms with Gasteiger partial charge in [-0.3, -0.25) is 4.79 Å². The van der Waals surface area contributed by atoms with Crippen LogP contribution in [0, 0.1) is 6.92 Å². The first-order chi connectivity index (χ1) is 11.0. The number of fused-ring (bicyclic) bond motifs is 1. The Balaban J connectivity index is 1.59. The summed E-state index contributed by atoms with van der Waals surface area (Å²) in [5, 5.41) is 7.56. The quantitative estimate of drug-likeness (QED) is 0.624. The smallest absolute Gasteiger partial charge is 0.275 e. The molecule has 23 heavy (non-hydrogen) atoms. The Morgan fingerprint density at radius 3 is 2.74 bits per heavy atom. The van der Waals surface area contributed by atoms with E-state index in [2.05, 4.69) is 20.1 Å². The molecule has 3 aromatic heterocycles. The van der Waals surface area contributed by atoms with E-state index in [0.717, 1.165) is 4.88 Å². The van der Waals surface area contributed by atoms with Gasteiger partial charge in [-0.25, -0.2) is 18.1 Å². The van der Waals surface area contributed by atoms with Gasteiger partial charge in [0.25, 0.3) is 5.56 Å². The van der Waals surface area contributed by atoms with Crippen LogP contribution in [0.15, 0.2) is 33.4 Å². The number of hydrogen-bond acceptors (Lipinski definition) is 8.